The monoisotopic (exact) mass is 361 g/mol. The van der Waals surface area contributed by atoms with Gasteiger partial charge in [0.25, 0.3) is 5.91 Å². The van der Waals surface area contributed by atoms with Crippen LogP contribution in [0.15, 0.2) is 66.9 Å². The molecule has 3 rings (SSSR count). The summed E-state index contributed by atoms with van der Waals surface area (Å²) in [5, 5.41) is 5.98. The molecular formula is C21H19N3O3. The molecule has 0 saturated heterocycles. The number of hydrogen-bond donors (Lipinski definition) is 2. The lowest BCUT2D eigenvalue weighted by Crippen LogP contribution is -2.13. The van der Waals surface area contributed by atoms with Crippen LogP contribution in [0.4, 0.5) is 17.1 Å². The smallest absolute Gasteiger partial charge is 0.274 e. The number of aromatic nitrogens is 1. The van der Waals surface area contributed by atoms with E-state index in [2.05, 4.69) is 15.6 Å². The van der Waals surface area contributed by atoms with E-state index in [1.165, 1.54) is 6.92 Å². The average molecular weight is 361 g/mol. The minimum absolute atomic E-state index is 0.00765. The SMILES string of the molecule is COc1cccc(NC(=O)c2cc(Nc3cccc(C(C)=O)c3)ccn2)c1. The van der Waals surface area contributed by atoms with Crippen molar-refractivity contribution < 1.29 is 14.3 Å². The molecule has 1 aromatic heterocycles. The van der Waals surface area contributed by atoms with Gasteiger partial charge in [-0.25, -0.2) is 0 Å². The van der Waals surface area contributed by atoms with Crippen molar-refractivity contribution in [2.45, 2.75) is 6.92 Å². The van der Waals surface area contributed by atoms with E-state index in [1.54, 1.807) is 67.9 Å². The van der Waals surface area contributed by atoms with E-state index in [1.807, 2.05) is 6.07 Å². The Morgan fingerprint density at radius 2 is 1.67 bits per heavy atom. The van der Waals surface area contributed by atoms with Gasteiger partial charge in [-0.1, -0.05) is 18.2 Å². The molecule has 0 aliphatic heterocycles. The maximum absolute atomic E-state index is 12.5. The maximum atomic E-state index is 12.5. The van der Waals surface area contributed by atoms with Crippen LogP contribution in [0.1, 0.15) is 27.8 Å². The fourth-order valence-electron chi connectivity index (χ4n) is 2.51. The maximum Gasteiger partial charge on any atom is 0.274 e. The summed E-state index contributed by atoms with van der Waals surface area (Å²) in [5.41, 5.74) is 2.96. The first-order valence-electron chi connectivity index (χ1n) is 8.34. The minimum atomic E-state index is -0.329. The van der Waals surface area contributed by atoms with Crippen LogP contribution >= 0.6 is 0 Å². The van der Waals surface area contributed by atoms with Gasteiger partial charge in [0.1, 0.15) is 11.4 Å². The first-order valence-corrected chi connectivity index (χ1v) is 8.34. The van der Waals surface area contributed by atoms with Crippen molar-refractivity contribution in [3.05, 3.63) is 78.1 Å². The number of hydrogen-bond acceptors (Lipinski definition) is 5. The molecule has 0 aliphatic rings. The fourth-order valence-corrected chi connectivity index (χ4v) is 2.51. The summed E-state index contributed by atoms with van der Waals surface area (Å²) in [4.78, 5) is 28.1. The van der Waals surface area contributed by atoms with Crippen LogP contribution in [-0.2, 0) is 0 Å². The number of Topliss-reactive ketones (excluding diaryl/α,β-unsaturated/α-hetero) is 1. The second-order valence-corrected chi connectivity index (χ2v) is 5.88. The van der Waals surface area contributed by atoms with Gasteiger partial charge in [0.15, 0.2) is 5.78 Å². The van der Waals surface area contributed by atoms with Crippen LogP contribution in [-0.4, -0.2) is 23.8 Å². The van der Waals surface area contributed by atoms with Crippen molar-refractivity contribution in [1.82, 2.24) is 4.98 Å². The lowest BCUT2D eigenvalue weighted by atomic mass is 10.1. The standard InChI is InChI=1S/C21H19N3O3/c1-14(25)15-5-3-6-16(11-15)23-18-9-10-22-20(13-18)21(26)24-17-7-4-8-19(12-17)27-2/h3-13H,1-2H3,(H,22,23)(H,24,26). The van der Waals surface area contributed by atoms with Crippen molar-refractivity contribution in [2.24, 2.45) is 0 Å². The van der Waals surface area contributed by atoms with Crippen LogP contribution in [0.2, 0.25) is 0 Å². The first kappa shape index (κ1) is 18.1. The zero-order valence-electron chi connectivity index (χ0n) is 15.0. The van der Waals surface area contributed by atoms with E-state index in [9.17, 15) is 9.59 Å². The van der Waals surface area contributed by atoms with E-state index in [4.69, 9.17) is 4.74 Å². The molecule has 0 saturated carbocycles. The van der Waals surface area contributed by atoms with Gasteiger partial charge in [-0.05, 0) is 43.3 Å². The van der Waals surface area contributed by atoms with Crippen molar-refractivity contribution in [1.29, 1.82) is 0 Å². The van der Waals surface area contributed by atoms with Gasteiger partial charge in [-0.15, -0.1) is 0 Å². The largest absolute Gasteiger partial charge is 0.497 e. The average Bonchev–Trinajstić information content (AvgIpc) is 2.68. The summed E-state index contributed by atoms with van der Waals surface area (Å²) in [6.45, 7) is 1.52. The lowest BCUT2D eigenvalue weighted by molar-refractivity contribution is 0.101. The first-order chi connectivity index (χ1) is 13.0. The van der Waals surface area contributed by atoms with Gasteiger partial charge in [-0.3, -0.25) is 14.6 Å². The van der Waals surface area contributed by atoms with Gasteiger partial charge >= 0.3 is 0 Å². The predicted molar refractivity (Wildman–Crippen MR) is 105 cm³/mol. The summed E-state index contributed by atoms with van der Waals surface area (Å²) in [5.74, 6) is 0.317. The van der Waals surface area contributed by atoms with E-state index < -0.39 is 0 Å². The van der Waals surface area contributed by atoms with Gasteiger partial charge in [0.2, 0.25) is 0 Å². The number of nitrogens with zero attached hydrogens (tertiary/aromatic N) is 1. The molecule has 3 aromatic rings. The fraction of sp³-hybridized carbons (Fsp3) is 0.0952. The zero-order valence-corrected chi connectivity index (χ0v) is 15.0. The number of anilines is 3. The highest BCUT2D eigenvalue weighted by molar-refractivity contribution is 6.03. The zero-order chi connectivity index (χ0) is 19.2. The third kappa shape index (κ3) is 4.70. The van der Waals surface area contributed by atoms with Crippen LogP contribution in [0.3, 0.4) is 0 Å². The predicted octanol–water partition coefficient (Wildman–Crippen LogP) is 4.29. The molecule has 0 spiro atoms. The second-order valence-electron chi connectivity index (χ2n) is 5.88. The van der Waals surface area contributed by atoms with Gasteiger partial charge in [-0.2, -0.15) is 0 Å². The Morgan fingerprint density at radius 1 is 0.926 bits per heavy atom. The number of nitrogens with one attached hydrogen (secondary N) is 2. The molecular weight excluding hydrogens is 342 g/mol. The molecule has 0 bridgehead atoms. The number of amides is 1. The Labute approximate surface area is 157 Å². The number of carbonyl (C=O) groups excluding carboxylic acids is 2. The van der Waals surface area contributed by atoms with Crippen molar-refractivity contribution >= 4 is 28.8 Å². The van der Waals surface area contributed by atoms with Gasteiger partial charge < -0.3 is 15.4 Å². The lowest BCUT2D eigenvalue weighted by Gasteiger charge is -2.10. The molecule has 2 N–H and O–H groups in total. The number of rotatable bonds is 6. The molecule has 0 atom stereocenters. The molecule has 136 valence electrons. The van der Waals surface area contributed by atoms with E-state index in [-0.39, 0.29) is 17.4 Å². The molecule has 6 heteroatoms. The van der Waals surface area contributed by atoms with E-state index >= 15 is 0 Å². The molecule has 6 nitrogen and oxygen atoms in total. The third-order valence-corrected chi connectivity index (χ3v) is 3.88. The summed E-state index contributed by atoms with van der Waals surface area (Å²) in [6, 6.07) is 17.7. The molecule has 0 fully saturated rings. The Kier molecular flexibility index (Phi) is 5.47. The Balaban J connectivity index is 1.75. The molecule has 0 unspecified atom stereocenters. The Hall–Kier alpha value is -3.67. The summed E-state index contributed by atoms with van der Waals surface area (Å²) < 4.78 is 5.15. The molecule has 2 aromatic carbocycles. The number of ether oxygens (including phenoxy) is 1. The summed E-state index contributed by atoms with van der Waals surface area (Å²) in [7, 11) is 1.57. The van der Waals surface area contributed by atoms with Crippen molar-refractivity contribution in [3.63, 3.8) is 0 Å². The quantitative estimate of drug-likeness (QED) is 0.640. The summed E-state index contributed by atoms with van der Waals surface area (Å²) >= 11 is 0. The molecule has 27 heavy (non-hydrogen) atoms. The molecule has 1 amide bonds. The molecule has 0 aliphatic carbocycles. The number of carbonyl (C=O) groups is 2. The molecule has 1 heterocycles. The molecule has 0 radical (unpaired) electrons. The van der Waals surface area contributed by atoms with Crippen LogP contribution in [0.25, 0.3) is 0 Å². The number of pyridine rings is 1. The topological polar surface area (TPSA) is 80.3 Å². The number of ketones is 1. The third-order valence-electron chi connectivity index (χ3n) is 3.88. The Morgan fingerprint density at radius 3 is 2.44 bits per heavy atom. The van der Waals surface area contributed by atoms with Gasteiger partial charge in [0, 0.05) is 34.9 Å². The van der Waals surface area contributed by atoms with Crippen molar-refractivity contribution in [3.8, 4) is 5.75 Å². The van der Waals surface area contributed by atoms with E-state index in [0.29, 0.717) is 22.7 Å². The van der Waals surface area contributed by atoms with Gasteiger partial charge in [0.05, 0.1) is 7.11 Å². The normalized spacial score (nSPS) is 10.1. The van der Waals surface area contributed by atoms with Crippen molar-refractivity contribution in [2.75, 3.05) is 17.7 Å². The second kappa shape index (κ2) is 8.14. The number of methoxy groups -OCH3 is 1. The van der Waals surface area contributed by atoms with Crippen LogP contribution in [0, 0.1) is 0 Å². The summed E-state index contributed by atoms with van der Waals surface area (Å²) in [6.07, 6.45) is 1.55. The minimum Gasteiger partial charge on any atom is -0.497 e. The highest BCUT2D eigenvalue weighted by atomic mass is 16.5. The van der Waals surface area contributed by atoms with Crippen LogP contribution < -0.4 is 15.4 Å². The highest BCUT2D eigenvalue weighted by Gasteiger charge is 2.09. The highest BCUT2D eigenvalue weighted by Crippen LogP contribution is 2.20. The number of benzene rings is 2. The van der Waals surface area contributed by atoms with Crippen LogP contribution in [0.5, 0.6) is 5.75 Å². The Bertz CT molecular complexity index is 986. The van der Waals surface area contributed by atoms with E-state index in [0.717, 1.165) is 5.69 Å².